The minimum absolute atomic E-state index is 0.246. The Morgan fingerprint density at radius 3 is 2.45 bits per heavy atom. The number of aromatic nitrogens is 1. The molecule has 114 valence electrons. The molecule has 0 aliphatic carbocycles. The Kier molecular flexibility index (Phi) is 4.05. The molecule has 3 nitrogen and oxygen atoms in total. The van der Waals surface area contributed by atoms with Crippen molar-refractivity contribution in [1.82, 2.24) is 3.97 Å². The second-order valence-corrected chi connectivity index (χ2v) is 7.86. The molecule has 0 amide bonds. The Morgan fingerprint density at radius 2 is 1.82 bits per heavy atom. The molecule has 6 heteroatoms. The molecule has 1 aromatic heterocycles. The number of benzene rings is 2. The summed E-state index contributed by atoms with van der Waals surface area (Å²) in [6.45, 7) is 1.92. The van der Waals surface area contributed by atoms with Crippen LogP contribution in [0.25, 0.3) is 10.9 Å². The van der Waals surface area contributed by atoms with Crippen molar-refractivity contribution in [2.45, 2.75) is 17.1 Å². The van der Waals surface area contributed by atoms with Crippen LogP contribution in [0.4, 0.5) is 0 Å². The van der Waals surface area contributed by atoms with E-state index in [0.29, 0.717) is 15.9 Å². The summed E-state index contributed by atoms with van der Waals surface area (Å²) in [7, 11) is -3.67. The highest BCUT2D eigenvalue weighted by Crippen LogP contribution is 2.30. The van der Waals surface area contributed by atoms with E-state index >= 15 is 0 Å². The fourth-order valence-corrected chi connectivity index (χ4v) is 4.33. The van der Waals surface area contributed by atoms with Crippen LogP contribution in [0.5, 0.6) is 0 Å². The zero-order valence-corrected chi connectivity index (χ0v) is 14.9. The van der Waals surface area contributed by atoms with Crippen LogP contribution in [0.1, 0.15) is 11.1 Å². The van der Waals surface area contributed by atoms with Gasteiger partial charge >= 0.3 is 0 Å². The summed E-state index contributed by atoms with van der Waals surface area (Å²) in [6.07, 6.45) is 1.46. The first kappa shape index (κ1) is 15.6. The Balaban J connectivity index is 2.26. The SMILES string of the molecule is Cc1ccc(S(=O)(=O)n2cc(Cl)c3ccc(CBr)cc32)cc1. The third kappa shape index (κ3) is 2.57. The lowest BCUT2D eigenvalue weighted by molar-refractivity contribution is 0.589. The number of rotatable bonds is 3. The third-order valence-electron chi connectivity index (χ3n) is 3.52. The second kappa shape index (κ2) is 5.72. The van der Waals surface area contributed by atoms with E-state index in [1.807, 2.05) is 25.1 Å². The van der Waals surface area contributed by atoms with E-state index < -0.39 is 10.0 Å². The molecule has 22 heavy (non-hydrogen) atoms. The summed E-state index contributed by atoms with van der Waals surface area (Å²) in [4.78, 5) is 0.246. The van der Waals surface area contributed by atoms with Gasteiger partial charge in [0.05, 0.1) is 15.4 Å². The fourth-order valence-electron chi connectivity index (χ4n) is 2.31. The van der Waals surface area contributed by atoms with Crippen LogP contribution in [-0.4, -0.2) is 12.4 Å². The van der Waals surface area contributed by atoms with Gasteiger partial charge in [0.25, 0.3) is 10.0 Å². The quantitative estimate of drug-likeness (QED) is 0.598. The zero-order chi connectivity index (χ0) is 15.9. The van der Waals surface area contributed by atoms with E-state index in [1.165, 1.54) is 10.2 Å². The van der Waals surface area contributed by atoms with Gasteiger partial charge in [-0.25, -0.2) is 12.4 Å². The fraction of sp³-hybridized carbons (Fsp3) is 0.125. The Bertz CT molecular complexity index is 946. The first-order chi connectivity index (χ1) is 10.4. The van der Waals surface area contributed by atoms with Crippen LogP contribution < -0.4 is 0 Å². The van der Waals surface area contributed by atoms with Crippen molar-refractivity contribution in [1.29, 1.82) is 0 Å². The van der Waals surface area contributed by atoms with E-state index in [-0.39, 0.29) is 4.90 Å². The molecule has 3 rings (SSSR count). The molecule has 0 aliphatic rings. The van der Waals surface area contributed by atoms with Crippen molar-refractivity contribution < 1.29 is 8.42 Å². The maximum Gasteiger partial charge on any atom is 0.268 e. The predicted molar refractivity (Wildman–Crippen MR) is 93.3 cm³/mol. The number of nitrogens with zero attached hydrogens (tertiary/aromatic N) is 1. The van der Waals surface area contributed by atoms with Gasteiger partial charge in [0.15, 0.2) is 0 Å². The van der Waals surface area contributed by atoms with Gasteiger partial charge in [0.2, 0.25) is 0 Å². The summed E-state index contributed by atoms with van der Waals surface area (Å²) >= 11 is 9.58. The Hall–Kier alpha value is -1.30. The molecule has 0 saturated carbocycles. The van der Waals surface area contributed by atoms with E-state index in [4.69, 9.17) is 11.6 Å². The lowest BCUT2D eigenvalue weighted by atomic mass is 10.2. The Labute approximate surface area is 142 Å². The summed E-state index contributed by atoms with van der Waals surface area (Å²) < 4.78 is 27.0. The molecule has 0 saturated heterocycles. The van der Waals surface area contributed by atoms with Gasteiger partial charge in [-0.15, -0.1) is 0 Å². The van der Waals surface area contributed by atoms with Gasteiger partial charge in [0, 0.05) is 16.9 Å². The molecule has 0 bridgehead atoms. The lowest BCUT2D eigenvalue weighted by Crippen LogP contribution is -2.11. The van der Waals surface area contributed by atoms with Crippen molar-refractivity contribution in [3.8, 4) is 0 Å². The molecule has 0 aliphatic heterocycles. The van der Waals surface area contributed by atoms with Crippen LogP contribution in [-0.2, 0) is 15.4 Å². The van der Waals surface area contributed by atoms with Gasteiger partial charge < -0.3 is 0 Å². The first-order valence-electron chi connectivity index (χ1n) is 6.61. The largest absolute Gasteiger partial charge is 0.268 e. The van der Waals surface area contributed by atoms with Crippen molar-refractivity contribution >= 4 is 48.5 Å². The summed E-state index contributed by atoms with van der Waals surface area (Å²) in [5.41, 5.74) is 2.58. The first-order valence-corrected chi connectivity index (χ1v) is 9.55. The molecule has 0 N–H and O–H groups in total. The average Bonchev–Trinajstić information content (AvgIpc) is 2.85. The number of halogens is 2. The minimum atomic E-state index is -3.67. The van der Waals surface area contributed by atoms with Gasteiger partial charge in [-0.3, -0.25) is 0 Å². The van der Waals surface area contributed by atoms with Crippen LogP contribution in [0, 0.1) is 6.92 Å². The number of alkyl halides is 1. The van der Waals surface area contributed by atoms with Crippen LogP contribution in [0.3, 0.4) is 0 Å². The normalized spacial score (nSPS) is 12.0. The predicted octanol–water partition coefficient (Wildman–Crippen LogP) is 4.74. The van der Waals surface area contributed by atoms with Gasteiger partial charge in [-0.2, -0.15) is 0 Å². The second-order valence-electron chi connectivity index (χ2n) is 5.08. The smallest absolute Gasteiger partial charge is 0.240 e. The molecular weight excluding hydrogens is 386 g/mol. The molecule has 2 aromatic carbocycles. The minimum Gasteiger partial charge on any atom is -0.240 e. The van der Waals surface area contributed by atoms with Crippen molar-refractivity contribution in [2.75, 3.05) is 0 Å². The highest BCUT2D eigenvalue weighted by molar-refractivity contribution is 9.08. The number of aryl methyl sites for hydroxylation is 1. The van der Waals surface area contributed by atoms with Crippen molar-refractivity contribution in [3.05, 3.63) is 64.8 Å². The van der Waals surface area contributed by atoms with Crippen molar-refractivity contribution in [2.24, 2.45) is 0 Å². The average molecular weight is 399 g/mol. The van der Waals surface area contributed by atoms with Gasteiger partial charge in [-0.1, -0.05) is 57.4 Å². The van der Waals surface area contributed by atoms with Gasteiger partial charge in [-0.05, 0) is 30.7 Å². The van der Waals surface area contributed by atoms with Crippen LogP contribution in [0.15, 0.2) is 53.6 Å². The number of hydrogen-bond acceptors (Lipinski definition) is 2. The maximum atomic E-state index is 12.9. The molecule has 1 heterocycles. The number of hydrogen-bond donors (Lipinski definition) is 0. The lowest BCUT2D eigenvalue weighted by Gasteiger charge is -2.08. The van der Waals surface area contributed by atoms with Crippen LogP contribution in [0.2, 0.25) is 5.02 Å². The monoisotopic (exact) mass is 397 g/mol. The highest BCUT2D eigenvalue weighted by Gasteiger charge is 2.20. The molecule has 0 spiro atoms. The summed E-state index contributed by atoms with van der Waals surface area (Å²) in [5, 5.41) is 1.80. The summed E-state index contributed by atoms with van der Waals surface area (Å²) in [6, 6.07) is 12.4. The standard InChI is InChI=1S/C16H13BrClNO2S/c1-11-2-5-13(6-3-11)22(20,21)19-10-15(18)14-7-4-12(9-17)8-16(14)19/h2-8,10H,9H2,1H3. The molecule has 0 radical (unpaired) electrons. The zero-order valence-electron chi connectivity index (χ0n) is 11.8. The Morgan fingerprint density at radius 1 is 1.14 bits per heavy atom. The molecule has 0 fully saturated rings. The van der Waals surface area contributed by atoms with Crippen LogP contribution >= 0.6 is 27.5 Å². The van der Waals surface area contributed by atoms with Gasteiger partial charge in [0.1, 0.15) is 0 Å². The maximum absolute atomic E-state index is 12.9. The number of fused-ring (bicyclic) bond motifs is 1. The molecule has 0 unspecified atom stereocenters. The van der Waals surface area contributed by atoms with E-state index in [9.17, 15) is 8.42 Å². The van der Waals surface area contributed by atoms with E-state index in [1.54, 1.807) is 24.3 Å². The van der Waals surface area contributed by atoms with E-state index in [2.05, 4.69) is 15.9 Å². The topological polar surface area (TPSA) is 39.1 Å². The summed E-state index contributed by atoms with van der Waals surface area (Å²) in [5.74, 6) is 0. The molecule has 0 atom stereocenters. The third-order valence-corrected chi connectivity index (χ3v) is 6.16. The molecular formula is C16H13BrClNO2S. The highest BCUT2D eigenvalue weighted by atomic mass is 79.9. The van der Waals surface area contributed by atoms with E-state index in [0.717, 1.165) is 16.5 Å². The van der Waals surface area contributed by atoms with Crippen molar-refractivity contribution in [3.63, 3.8) is 0 Å². The molecule has 3 aromatic rings.